The highest BCUT2D eigenvalue weighted by Crippen LogP contribution is 2.29. The summed E-state index contributed by atoms with van der Waals surface area (Å²) in [7, 11) is 1.64. The zero-order valence-electron chi connectivity index (χ0n) is 18.2. The molecule has 2 aromatic heterocycles. The lowest BCUT2D eigenvalue weighted by molar-refractivity contribution is 0.102. The van der Waals surface area contributed by atoms with Crippen molar-refractivity contribution in [2.24, 2.45) is 5.92 Å². The van der Waals surface area contributed by atoms with E-state index in [2.05, 4.69) is 24.3 Å². The molecular weight excluding hydrogens is 392 g/mol. The number of anilines is 1. The maximum Gasteiger partial charge on any atom is 0.256 e. The van der Waals surface area contributed by atoms with Gasteiger partial charge in [-0.25, -0.2) is 9.67 Å². The van der Waals surface area contributed by atoms with E-state index in [1.807, 2.05) is 35.9 Å². The number of nitrogens with zero attached hydrogens (tertiary/aromatic N) is 3. The van der Waals surface area contributed by atoms with Crippen LogP contribution in [0.1, 0.15) is 31.1 Å². The number of hydrogen-bond acceptors (Lipinski definition) is 5. The summed E-state index contributed by atoms with van der Waals surface area (Å²) in [5.74, 6) is 2.13. The van der Waals surface area contributed by atoms with Crippen molar-refractivity contribution in [3.05, 3.63) is 54.1 Å². The highest BCUT2D eigenvalue weighted by atomic mass is 16.5. The first-order valence-corrected chi connectivity index (χ1v) is 10.4. The van der Waals surface area contributed by atoms with Crippen LogP contribution in [0.4, 0.5) is 5.82 Å². The first kappa shape index (κ1) is 20.7. The average molecular weight is 418 g/mol. The van der Waals surface area contributed by atoms with Crippen LogP contribution in [0.5, 0.6) is 11.5 Å². The predicted octanol–water partition coefficient (Wildman–Crippen LogP) is 4.90. The van der Waals surface area contributed by atoms with Crippen molar-refractivity contribution in [3.8, 4) is 11.5 Å². The van der Waals surface area contributed by atoms with Gasteiger partial charge in [-0.05, 0) is 61.4 Å². The van der Waals surface area contributed by atoms with Crippen LogP contribution in [-0.4, -0.2) is 34.4 Å². The molecule has 0 saturated carbocycles. The molecule has 0 aliphatic rings. The number of ether oxygens (including phenoxy) is 2. The number of fused-ring (bicyclic) bond motifs is 2. The van der Waals surface area contributed by atoms with Crippen molar-refractivity contribution >= 4 is 33.7 Å². The molecule has 0 aliphatic heterocycles. The van der Waals surface area contributed by atoms with Crippen LogP contribution < -0.4 is 14.8 Å². The first-order valence-electron chi connectivity index (χ1n) is 10.4. The minimum atomic E-state index is -0.232. The van der Waals surface area contributed by atoms with Gasteiger partial charge in [-0.1, -0.05) is 13.8 Å². The van der Waals surface area contributed by atoms with Crippen LogP contribution in [0.15, 0.2) is 48.5 Å². The van der Waals surface area contributed by atoms with Gasteiger partial charge in [0, 0.05) is 17.5 Å². The van der Waals surface area contributed by atoms with Crippen molar-refractivity contribution in [2.75, 3.05) is 19.0 Å². The van der Waals surface area contributed by atoms with Gasteiger partial charge < -0.3 is 14.8 Å². The van der Waals surface area contributed by atoms with Gasteiger partial charge in [-0.15, -0.1) is 0 Å². The molecule has 7 heteroatoms. The molecule has 0 radical (unpaired) electrons. The minimum absolute atomic E-state index is 0.232. The summed E-state index contributed by atoms with van der Waals surface area (Å²) in [6.45, 7) is 7.45. The Hall–Kier alpha value is -3.61. The molecule has 0 unspecified atom stereocenters. The third-order valence-corrected chi connectivity index (χ3v) is 4.92. The van der Waals surface area contributed by atoms with Crippen LogP contribution in [0.2, 0.25) is 0 Å². The Bertz CT molecular complexity index is 1230. The van der Waals surface area contributed by atoms with Gasteiger partial charge in [0.2, 0.25) is 0 Å². The molecule has 31 heavy (non-hydrogen) atoms. The van der Waals surface area contributed by atoms with Gasteiger partial charge >= 0.3 is 0 Å². The monoisotopic (exact) mass is 418 g/mol. The zero-order valence-corrected chi connectivity index (χ0v) is 18.2. The number of pyridine rings is 1. The Balaban J connectivity index is 1.74. The second-order valence-corrected chi connectivity index (χ2v) is 7.75. The van der Waals surface area contributed by atoms with Gasteiger partial charge in [0.25, 0.3) is 5.91 Å². The Morgan fingerprint density at radius 3 is 2.52 bits per heavy atom. The van der Waals surface area contributed by atoms with Crippen molar-refractivity contribution in [1.82, 2.24) is 14.8 Å². The summed E-state index contributed by atoms with van der Waals surface area (Å²) in [5.41, 5.74) is 2.13. The fourth-order valence-electron chi connectivity index (χ4n) is 3.48. The quantitative estimate of drug-likeness (QED) is 0.462. The van der Waals surface area contributed by atoms with Crippen molar-refractivity contribution in [1.29, 1.82) is 0 Å². The Morgan fingerprint density at radius 2 is 1.84 bits per heavy atom. The number of carbonyl (C=O) groups excluding carboxylic acids is 1. The highest BCUT2D eigenvalue weighted by Gasteiger charge is 2.17. The van der Waals surface area contributed by atoms with E-state index in [-0.39, 0.29) is 5.91 Å². The maximum atomic E-state index is 12.9. The first-order chi connectivity index (χ1) is 15.0. The van der Waals surface area contributed by atoms with E-state index in [9.17, 15) is 4.79 Å². The van der Waals surface area contributed by atoms with Crippen molar-refractivity contribution in [2.45, 2.75) is 27.3 Å². The molecule has 0 fully saturated rings. The van der Waals surface area contributed by atoms with E-state index >= 15 is 0 Å². The lowest BCUT2D eigenvalue weighted by Crippen LogP contribution is -2.13. The van der Waals surface area contributed by atoms with Crippen molar-refractivity contribution < 1.29 is 14.3 Å². The number of aromatic nitrogens is 3. The zero-order chi connectivity index (χ0) is 22.0. The van der Waals surface area contributed by atoms with Crippen LogP contribution in [0.25, 0.3) is 21.9 Å². The average Bonchev–Trinajstić information content (AvgIpc) is 3.07. The number of carbonyl (C=O) groups is 1. The second-order valence-electron chi connectivity index (χ2n) is 7.75. The van der Waals surface area contributed by atoms with E-state index in [0.29, 0.717) is 30.5 Å². The molecule has 0 atom stereocenters. The summed E-state index contributed by atoms with van der Waals surface area (Å²) in [6, 6.07) is 14.8. The SMILES string of the molecule is CCOc1ccc(C(=O)Nc2nn(CC(C)C)c3nc4ccc(OC)cc4cc23)cc1. The molecule has 0 saturated heterocycles. The summed E-state index contributed by atoms with van der Waals surface area (Å²) in [5, 5.41) is 9.35. The van der Waals surface area contributed by atoms with Gasteiger partial charge in [0.15, 0.2) is 11.5 Å². The fourth-order valence-corrected chi connectivity index (χ4v) is 3.48. The number of nitrogens with one attached hydrogen (secondary N) is 1. The van der Waals surface area contributed by atoms with E-state index in [4.69, 9.17) is 14.5 Å². The van der Waals surface area contributed by atoms with Gasteiger partial charge in [-0.3, -0.25) is 4.79 Å². The Morgan fingerprint density at radius 1 is 1.10 bits per heavy atom. The standard InChI is InChI=1S/C24H26N4O3/c1-5-31-18-8-6-16(7-9-18)24(29)26-22-20-13-17-12-19(30-4)10-11-21(17)25-23(20)28(27-22)14-15(2)3/h6-13,15H,5,14H2,1-4H3,(H,26,27,29). The van der Waals surface area contributed by atoms with Crippen molar-refractivity contribution in [3.63, 3.8) is 0 Å². The van der Waals surface area contributed by atoms with Gasteiger partial charge in [-0.2, -0.15) is 5.10 Å². The lowest BCUT2D eigenvalue weighted by atomic mass is 10.1. The molecule has 4 rings (SSSR count). The topological polar surface area (TPSA) is 78.3 Å². The molecule has 4 aromatic rings. The summed E-state index contributed by atoms with van der Waals surface area (Å²) < 4.78 is 12.7. The number of amides is 1. The third kappa shape index (κ3) is 4.30. The molecule has 1 N–H and O–H groups in total. The maximum absolute atomic E-state index is 12.9. The normalized spacial score (nSPS) is 11.3. The van der Waals surface area contributed by atoms with Gasteiger partial charge in [0.1, 0.15) is 11.5 Å². The molecule has 7 nitrogen and oxygen atoms in total. The molecular formula is C24H26N4O3. The molecule has 0 aliphatic carbocycles. The summed E-state index contributed by atoms with van der Waals surface area (Å²) in [6.07, 6.45) is 0. The number of methoxy groups -OCH3 is 1. The molecule has 1 amide bonds. The largest absolute Gasteiger partial charge is 0.497 e. The molecule has 2 heterocycles. The van der Waals surface area contributed by atoms with E-state index < -0.39 is 0 Å². The summed E-state index contributed by atoms with van der Waals surface area (Å²) in [4.78, 5) is 17.7. The smallest absolute Gasteiger partial charge is 0.256 e. The molecule has 160 valence electrons. The van der Waals surface area contributed by atoms with Crippen LogP contribution >= 0.6 is 0 Å². The molecule has 0 spiro atoms. The van der Waals surface area contributed by atoms with Crippen LogP contribution in [0.3, 0.4) is 0 Å². The Labute approximate surface area is 181 Å². The van der Waals surface area contributed by atoms with E-state index in [0.717, 1.165) is 33.4 Å². The molecule has 2 aromatic carbocycles. The lowest BCUT2D eigenvalue weighted by Gasteiger charge is -2.06. The number of benzene rings is 2. The second kappa shape index (κ2) is 8.63. The van der Waals surface area contributed by atoms with Gasteiger partial charge in [0.05, 0.1) is 24.6 Å². The third-order valence-electron chi connectivity index (χ3n) is 4.92. The summed E-state index contributed by atoms with van der Waals surface area (Å²) >= 11 is 0. The number of hydrogen-bond donors (Lipinski definition) is 1. The van der Waals surface area contributed by atoms with E-state index in [1.165, 1.54) is 0 Å². The highest BCUT2D eigenvalue weighted by molar-refractivity contribution is 6.09. The van der Waals surface area contributed by atoms with E-state index in [1.54, 1.807) is 31.4 Å². The van der Waals surface area contributed by atoms with Crippen LogP contribution in [-0.2, 0) is 6.54 Å². The molecule has 0 bridgehead atoms. The Kier molecular flexibility index (Phi) is 5.75. The van der Waals surface area contributed by atoms with Crippen LogP contribution in [0, 0.1) is 5.92 Å². The number of rotatable bonds is 7. The predicted molar refractivity (Wildman–Crippen MR) is 122 cm³/mol. The minimum Gasteiger partial charge on any atom is -0.497 e. The fraction of sp³-hybridized carbons (Fsp3) is 0.292.